The third-order valence-electron chi connectivity index (χ3n) is 6.24. The maximum Gasteiger partial charge on any atom is 0.369 e. The SMILES string of the molecule is CC(C)(c1ccc(Oc2ccc(SC(=O)O)c(SC(=O)O)c2)cc1)c1ccc(Oc2ccc(SC(=O)O)c(SC(=O)O)c2)cc1. The molecule has 45 heavy (non-hydrogen) atoms. The van der Waals surface area contributed by atoms with Crippen LogP contribution < -0.4 is 9.47 Å². The number of carbonyl (C=O) groups is 4. The van der Waals surface area contributed by atoms with Crippen LogP contribution in [0, 0.1) is 0 Å². The van der Waals surface area contributed by atoms with Crippen LogP contribution in [0.15, 0.2) is 105 Å². The molecule has 0 fully saturated rings. The maximum atomic E-state index is 11.2. The van der Waals surface area contributed by atoms with Gasteiger partial charge < -0.3 is 29.9 Å². The molecule has 0 unspecified atom stereocenters. The predicted octanol–water partition coefficient (Wildman–Crippen LogP) is 10.7. The minimum atomic E-state index is -1.17. The molecule has 4 N–H and O–H groups in total. The van der Waals surface area contributed by atoms with E-state index in [1.807, 2.05) is 24.3 Å². The van der Waals surface area contributed by atoms with Gasteiger partial charge in [0, 0.05) is 25.0 Å². The van der Waals surface area contributed by atoms with Crippen LogP contribution in [-0.4, -0.2) is 41.6 Å². The quantitative estimate of drug-likeness (QED) is 0.116. The fourth-order valence-corrected chi connectivity index (χ4v) is 6.66. The highest BCUT2D eigenvalue weighted by atomic mass is 32.2. The highest BCUT2D eigenvalue weighted by Gasteiger charge is 2.23. The predicted molar refractivity (Wildman–Crippen MR) is 174 cm³/mol. The zero-order valence-electron chi connectivity index (χ0n) is 23.5. The van der Waals surface area contributed by atoms with Crippen LogP contribution in [0.3, 0.4) is 0 Å². The molecule has 0 saturated carbocycles. The first kappa shape index (κ1) is 33.6. The first-order chi connectivity index (χ1) is 21.3. The summed E-state index contributed by atoms with van der Waals surface area (Å²) >= 11 is 2.05. The Morgan fingerprint density at radius 1 is 0.467 bits per heavy atom. The molecule has 0 aliphatic heterocycles. The molecule has 232 valence electrons. The number of rotatable bonds is 10. The van der Waals surface area contributed by atoms with Crippen molar-refractivity contribution in [2.45, 2.75) is 38.8 Å². The van der Waals surface area contributed by atoms with E-state index in [9.17, 15) is 29.4 Å². The summed E-state index contributed by atoms with van der Waals surface area (Å²) in [6, 6.07) is 24.0. The van der Waals surface area contributed by atoms with Gasteiger partial charge in [-0.3, -0.25) is 0 Å². The second-order valence-corrected chi connectivity index (χ2v) is 13.5. The lowest BCUT2D eigenvalue weighted by Crippen LogP contribution is -2.18. The van der Waals surface area contributed by atoms with Crippen molar-refractivity contribution in [2.75, 3.05) is 0 Å². The van der Waals surface area contributed by atoms with Gasteiger partial charge >= 0.3 is 21.2 Å². The van der Waals surface area contributed by atoms with Gasteiger partial charge in [-0.25, -0.2) is 19.2 Å². The summed E-state index contributed by atoms with van der Waals surface area (Å²) in [6.45, 7) is 4.11. The second kappa shape index (κ2) is 14.7. The monoisotopic (exact) mass is 684 g/mol. The molecule has 0 aromatic heterocycles. The van der Waals surface area contributed by atoms with E-state index in [2.05, 4.69) is 13.8 Å². The van der Waals surface area contributed by atoms with Crippen molar-refractivity contribution in [2.24, 2.45) is 0 Å². The van der Waals surface area contributed by atoms with Gasteiger partial charge in [0.2, 0.25) is 0 Å². The van der Waals surface area contributed by atoms with Gasteiger partial charge in [0.25, 0.3) is 0 Å². The Morgan fingerprint density at radius 2 is 0.756 bits per heavy atom. The molecule has 0 saturated heterocycles. The molecule has 0 heterocycles. The van der Waals surface area contributed by atoms with E-state index < -0.39 is 26.6 Å². The highest BCUT2D eigenvalue weighted by molar-refractivity contribution is 8.16. The summed E-state index contributed by atoms with van der Waals surface area (Å²) < 4.78 is 11.8. The Morgan fingerprint density at radius 3 is 1.07 bits per heavy atom. The average molecular weight is 685 g/mol. The Balaban J connectivity index is 1.47. The third kappa shape index (κ3) is 9.38. The fraction of sp³-hybridized carbons (Fsp3) is 0.0968. The van der Waals surface area contributed by atoms with Crippen molar-refractivity contribution in [3.8, 4) is 23.0 Å². The summed E-state index contributed by atoms with van der Waals surface area (Å²) in [5, 5.41) is 31.9. The first-order valence-electron chi connectivity index (χ1n) is 12.8. The van der Waals surface area contributed by atoms with Crippen molar-refractivity contribution in [1.29, 1.82) is 0 Å². The van der Waals surface area contributed by atoms with Crippen LogP contribution in [0.4, 0.5) is 19.2 Å². The normalized spacial score (nSPS) is 11.1. The molecular formula is C31H24O10S4. The van der Waals surface area contributed by atoms with Gasteiger partial charge in [-0.2, -0.15) is 0 Å². The molecule has 4 aromatic rings. The molecule has 4 aromatic carbocycles. The molecule has 0 amide bonds. The van der Waals surface area contributed by atoms with Gasteiger partial charge in [-0.1, -0.05) is 38.1 Å². The number of thioether (sulfide) groups is 4. The van der Waals surface area contributed by atoms with Gasteiger partial charge in [0.15, 0.2) is 0 Å². The van der Waals surface area contributed by atoms with Crippen molar-refractivity contribution in [1.82, 2.24) is 0 Å². The molecule has 14 heteroatoms. The lowest BCUT2D eigenvalue weighted by atomic mass is 9.78. The summed E-state index contributed by atoms with van der Waals surface area (Å²) in [4.78, 5) is 45.8. The standard InChI is InChI=1S/C31H24O10S4/c1-31(2,17-3-7-19(8-4-17)40-21-11-13-23(42-27(32)33)25(15-21)44-29(36)37)18-5-9-20(10-6-18)41-22-12-14-24(43-28(34)35)26(16-22)45-30(38)39/h3-16H,1-2H3,(H,32,33)(H,34,35)(H,36,37)(H,38,39). The van der Waals surface area contributed by atoms with E-state index >= 15 is 0 Å². The van der Waals surface area contributed by atoms with Crippen LogP contribution in [0.25, 0.3) is 0 Å². The number of ether oxygens (including phenoxy) is 2. The first-order valence-corrected chi connectivity index (χ1v) is 16.0. The molecule has 4 rings (SSSR count). The molecule has 0 aliphatic carbocycles. The lowest BCUT2D eigenvalue weighted by molar-refractivity contribution is 0.221. The van der Waals surface area contributed by atoms with E-state index in [1.165, 1.54) is 24.3 Å². The molecule has 10 nitrogen and oxygen atoms in total. The third-order valence-corrected chi connectivity index (χ3v) is 9.47. The summed E-state index contributed by atoms with van der Waals surface area (Å²) in [5.41, 5.74) is 1.56. The minimum absolute atomic E-state index is 0.256. The average Bonchev–Trinajstić information content (AvgIpc) is 2.95. The van der Waals surface area contributed by atoms with E-state index in [-0.39, 0.29) is 9.79 Å². The van der Waals surface area contributed by atoms with Gasteiger partial charge in [-0.05, 0) is 119 Å². The van der Waals surface area contributed by atoms with Crippen molar-refractivity contribution in [3.63, 3.8) is 0 Å². The summed E-state index contributed by atoms with van der Waals surface area (Å²) in [6.07, 6.45) is 0. The summed E-state index contributed by atoms with van der Waals surface area (Å²) in [7, 11) is 0. The van der Waals surface area contributed by atoms with Gasteiger partial charge in [-0.15, -0.1) is 0 Å². The van der Waals surface area contributed by atoms with E-state index in [1.54, 1.807) is 36.4 Å². The zero-order chi connectivity index (χ0) is 32.7. The molecule has 0 aliphatic rings. The number of carboxylic acid groups (broad SMARTS) is 4. The molecule has 0 spiro atoms. The van der Waals surface area contributed by atoms with E-state index in [0.29, 0.717) is 79.8 Å². The number of hydrogen-bond acceptors (Lipinski definition) is 10. The Hall–Kier alpha value is -4.24. The lowest BCUT2D eigenvalue weighted by Gasteiger charge is -2.26. The minimum Gasteiger partial charge on any atom is -0.473 e. The van der Waals surface area contributed by atoms with Crippen molar-refractivity contribution < 1.29 is 49.1 Å². The Bertz CT molecular complexity index is 1610. The molecule has 0 bridgehead atoms. The van der Waals surface area contributed by atoms with Crippen molar-refractivity contribution >= 4 is 68.3 Å². The zero-order valence-corrected chi connectivity index (χ0v) is 26.7. The molecule has 0 radical (unpaired) electrons. The van der Waals surface area contributed by atoms with Crippen LogP contribution in [0.5, 0.6) is 23.0 Å². The van der Waals surface area contributed by atoms with Crippen LogP contribution in [0.2, 0.25) is 0 Å². The Labute approximate surface area is 274 Å². The van der Waals surface area contributed by atoms with E-state index in [4.69, 9.17) is 19.7 Å². The molecule has 0 atom stereocenters. The van der Waals surface area contributed by atoms with Gasteiger partial charge in [0.1, 0.15) is 23.0 Å². The Kier molecular flexibility index (Phi) is 11.0. The molecular weight excluding hydrogens is 661 g/mol. The number of benzene rings is 4. The fourth-order valence-electron chi connectivity index (χ4n) is 4.13. The van der Waals surface area contributed by atoms with Crippen LogP contribution >= 0.6 is 47.0 Å². The smallest absolute Gasteiger partial charge is 0.369 e. The second-order valence-electron chi connectivity index (χ2n) is 9.57. The van der Waals surface area contributed by atoms with Crippen LogP contribution in [-0.2, 0) is 5.41 Å². The topological polar surface area (TPSA) is 168 Å². The maximum absolute atomic E-state index is 11.2. The van der Waals surface area contributed by atoms with Crippen LogP contribution in [0.1, 0.15) is 25.0 Å². The van der Waals surface area contributed by atoms with Gasteiger partial charge in [0.05, 0.1) is 0 Å². The largest absolute Gasteiger partial charge is 0.473 e. The van der Waals surface area contributed by atoms with Crippen molar-refractivity contribution in [3.05, 3.63) is 96.1 Å². The number of hydrogen-bond donors (Lipinski definition) is 4. The van der Waals surface area contributed by atoms with E-state index in [0.717, 1.165) is 11.1 Å². The summed E-state index contributed by atoms with van der Waals surface area (Å²) in [5.74, 6) is 1.74. The highest BCUT2D eigenvalue weighted by Crippen LogP contribution is 2.39.